The lowest BCUT2D eigenvalue weighted by Crippen LogP contribution is -2.63. The molecule has 0 unspecified atom stereocenters. The number of carbonyl (C=O) groups is 3. The van der Waals surface area contributed by atoms with Gasteiger partial charge in [-0.2, -0.15) is 0 Å². The highest BCUT2D eigenvalue weighted by molar-refractivity contribution is 8.03. The monoisotopic (exact) mass is 452 g/mol. The molecule has 1 aliphatic carbocycles. The first-order valence-electron chi connectivity index (χ1n) is 10.6. The summed E-state index contributed by atoms with van der Waals surface area (Å²) in [7, 11) is 0. The number of carboxylic acid groups (broad SMARTS) is 1. The third-order valence-corrected chi connectivity index (χ3v) is 8.07. The van der Waals surface area contributed by atoms with Gasteiger partial charge in [0, 0.05) is 41.0 Å². The maximum absolute atomic E-state index is 12.5. The SMILES string of the molecule is C[C@@H](O)[C@@H]1C(=O)N2C(C(=O)O)=C(S[C@@H]3CN[C@H](C/C(=N/O)NC(=O)C4CC4)C3)[C@H](C)[C@H]12. The Morgan fingerprint density at radius 2 is 2.10 bits per heavy atom. The second-order valence-corrected chi connectivity index (χ2v) is 10.2. The number of aliphatic hydroxyl groups is 1. The Hall–Kier alpha value is -2.11. The van der Waals surface area contributed by atoms with Crippen molar-refractivity contribution in [1.29, 1.82) is 0 Å². The lowest BCUT2D eigenvalue weighted by Gasteiger charge is -2.46. The van der Waals surface area contributed by atoms with E-state index in [1.54, 1.807) is 6.92 Å². The largest absolute Gasteiger partial charge is 0.477 e. The van der Waals surface area contributed by atoms with E-state index >= 15 is 0 Å². The molecule has 170 valence electrons. The molecule has 2 amide bonds. The minimum Gasteiger partial charge on any atom is -0.477 e. The molecule has 3 fully saturated rings. The third-order valence-electron chi connectivity index (χ3n) is 6.56. The number of rotatable bonds is 7. The fourth-order valence-corrected chi connectivity index (χ4v) is 6.34. The molecule has 11 heteroatoms. The van der Waals surface area contributed by atoms with Crippen molar-refractivity contribution in [2.45, 2.75) is 63.0 Å². The number of β-lactam (4-membered cyclic amide) rings is 1. The zero-order valence-corrected chi connectivity index (χ0v) is 18.3. The highest BCUT2D eigenvalue weighted by atomic mass is 32.2. The maximum atomic E-state index is 12.5. The smallest absolute Gasteiger partial charge is 0.353 e. The van der Waals surface area contributed by atoms with Crippen LogP contribution in [0.1, 0.15) is 39.5 Å². The molecular formula is C20H28N4O6S. The minimum atomic E-state index is -1.13. The van der Waals surface area contributed by atoms with E-state index in [0.717, 1.165) is 12.8 Å². The summed E-state index contributed by atoms with van der Waals surface area (Å²) in [5, 5.41) is 38.3. The van der Waals surface area contributed by atoms with Gasteiger partial charge in [-0.3, -0.25) is 9.59 Å². The first kappa shape index (κ1) is 22.1. The maximum Gasteiger partial charge on any atom is 0.353 e. The summed E-state index contributed by atoms with van der Waals surface area (Å²) < 4.78 is 0. The Kier molecular flexibility index (Phi) is 6.01. The first-order valence-corrected chi connectivity index (χ1v) is 11.5. The number of carboxylic acids is 1. The zero-order valence-electron chi connectivity index (χ0n) is 17.4. The van der Waals surface area contributed by atoms with E-state index in [0.29, 0.717) is 24.3 Å². The van der Waals surface area contributed by atoms with Gasteiger partial charge in [0.05, 0.1) is 18.1 Å². The standard InChI is InChI=1S/C20H28N4O6S/c1-8-15-14(9(2)25)19(27)24(15)16(20(28)29)17(8)31-12-5-11(21-7-12)6-13(23-30)22-18(26)10-3-4-10/h8-12,14-15,21,25,30H,3-7H2,1-2H3,(H,28,29)(H,22,23,26)/t8-,9-,11+,12+,14+,15-/m1/s1. The van der Waals surface area contributed by atoms with Gasteiger partial charge in [0.1, 0.15) is 11.5 Å². The van der Waals surface area contributed by atoms with E-state index in [4.69, 9.17) is 0 Å². The number of aliphatic hydroxyl groups excluding tert-OH is 1. The van der Waals surface area contributed by atoms with E-state index in [9.17, 15) is 29.8 Å². The summed E-state index contributed by atoms with van der Waals surface area (Å²) in [4.78, 5) is 38.3. The molecule has 0 spiro atoms. The van der Waals surface area contributed by atoms with Gasteiger partial charge in [0.2, 0.25) is 11.8 Å². The molecule has 4 rings (SSSR count). The number of oxime groups is 1. The molecule has 3 aliphatic heterocycles. The number of nitrogens with zero attached hydrogens (tertiary/aromatic N) is 2. The molecule has 0 aromatic carbocycles. The normalized spacial score (nSPS) is 33.9. The van der Waals surface area contributed by atoms with Gasteiger partial charge in [-0.25, -0.2) is 4.79 Å². The number of carbonyl (C=O) groups excluding carboxylic acids is 2. The number of hydrogen-bond donors (Lipinski definition) is 5. The van der Waals surface area contributed by atoms with Crippen LogP contribution in [0.25, 0.3) is 0 Å². The van der Waals surface area contributed by atoms with Crippen LogP contribution in [0.5, 0.6) is 0 Å². The van der Waals surface area contributed by atoms with Crippen LogP contribution >= 0.6 is 11.8 Å². The topological polar surface area (TPSA) is 152 Å². The number of amidine groups is 1. The van der Waals surface area contributed by atoms with Crippen LogP contribution in [-0.2, 0) is 14.4 Å². The molecule has 2 saturated heterocycles. The number of aliphatic carboxylic acids is 1. The summed E-state index contributed by atoms with van der Waals surface area (Å²) in [6.45, 7) is 4.10. The third kappa shape index (κ3) is 4.06. The van der Waals surface area contributed by atoms with Crippen LogP contribution in [0.2, 0.25) is 0 Å². The Labute approximate surface area is 184 Å². The summed E-state index contributed by atoms with van der Waals surface area (Å²) in [6.07, 6.45) is 1.96. The Morgan fingerprint density at radius 3 is 2.68 bits per heavy atom. The molecule has 0 radical (unpaired) electrons. The zero-order chi connectivity index (χ0) is 22.4. The van der Waals surface area contributed by atoms with Gasteiger partial charge in [-0.15, -0.1) is 11.8 Å². The fraction of sp³-hybridized carbons (Fsp3) is 0.700. The number of thioether (sulfide) groups is 1. The number of nitrogens with one attached hydrogen (secondary N) is 2. The van der Waals surface area contributed by atoms with Crippen LogP contribution < -0.4 is 10.6 Å². The van der Waals surface area contributed by atoms with Gasteiger partial charge < -0.3 is 31.0 Å². The van der Waals surface area contributed by atoms with Crippen LogP contribution in [0.3, 0.4) is 0 Å². The van der Waals surface area contributed by atoms with Crippen LogP contribution in [0.15, 0.2) is 15.8 Å². The van der Waals surface area contributed by atoms with Gasteiger partial charge in [-0.1, -0.05) is 12.1 Å². The fourth-order valence-electron chi connectivity index (χ4n) is 4.83. The lowest BCUT2D eigenvalue weighted by molar-refractivity contribution is -0.163. The number of hydrogen-bond acceptors (Lipinski definition) is 8. The number of fused-ring (bicyclic) bond motifs is 1. The van der Waals surface area contributed by atoms with Crippen molar-refractivity contribution in [2.75, 3.05) is 6.54 Å². The van der Waals surface area contributed by atoms with Crippen molar-refractivity contribution in [1.82, 2.24) is 15.5 Å². The van der Waals surface area contributed by atoms with Crippen molar-refractivity contribution in [3.8, 4) is 0 Å². The Morgan fingerprint density at radius 1 is 1.39 bits per heavy atom. The van der Waals surface area contributed by atoms with E-state index in [1.807, 2.05) is 6.92 Å². The van der Waals surface area contributed by atoms with Crippen molar-refractivity contribution < 1.29 is 29.8 Å². The molecule has 5 N–H and O–H groups in total. The molecule has 0 aromatic heterocycles. The summed E-state index contributed by atoms with van der Waals surface area (Å²) in [6, 6.07) is -0.339. The van der Waals surface area contributed by atoms with Gasteiger partial charge in [0.25, 0.3) is 0 Å². The predicted molar refractivity (Wildman–Crippen MR) is 112 cm³/mol. The van der Waals surface area contributed by atoms with E-state index in [1.165, 1.54) is 16.7 Å². The average molecular weight is 453 g/mol. The van der Waals surface area contributed by atoms with E-state index in [-0.39, 0.29) is 52.5 Å². The minimum absolute atomic E-state index is 0.0142. The van der Waals surface area contributed by atoms with E-state index in [2.05, 4.69) is 15.8 Å². The second-order valence-electron chi connectivity index (χ2n) is 8.87. The molecule has 10 nitrogen and oxygen atoms in total. The Bertz CT molecular complexity index is 855. The van der Waals surface area contributed by atoms with Gasteiger partial charge in [-0.05, 0) is 26.2 Å². The summed E-state index contributed by atoms with van der Waals surface area (Å²) in [5.74, 6) is -2.08. The van der Waals surface area contributed by atoms with Crippen molar-refractivity contribution in [3.05, 3.63) is 10.6 Å². The molecule has 1 saturated carbocycles. The second kappa shape index (κ2) is 8.44. The molecule has 0 bridgehead atoms. The Balaban J connectivity index is 1.39. The lowest BCUT2D eigenvalue weighted by atomic mass is 9.79. The van der Waals surface area contributed by atoms with Gasteiger partial charge in [0.15, 0.2) is 0 Å². The summed E-state index contributed by atoms with van der Waals surface area (Å²) >= 11 is 1.46. The molecule has 6 atom stereocenters. The van der Waals surface area contributed by atoms with Gasteiger partial charge >= 0.3 is 5.97 Å². The average Bonchev–Trinajstić information content (AvgIpc) is 3.42. The van der Waals surface area contributed by atoms with Crippen LogP contribution in [0.4, 0.5) is 0 Å². The van der Waals surface area contributed by atoms with Crippen molar-refractivity contribution in [2.24, 2.45) is 22.9 Å². The van der Waals surface area contributed by atoms with Crippen molar-refractivity contribution >= 4 is 35.4 Å². The highest BCUT2D eigenvalue weighted by Gasteiger charge is 2.60. The summed E-state index contributed by atoms with van der Waals surface area (Å²) in [5.41, 5.74) is 0.0298. The predicted octanol–water partition coefficient (Wildman–Crippen LogP) is 0.308. The van der Waals surface area contributed by atoms with Crippen molar-refractivity contribution in [3.63, 3.8) is 0 Å². The molecule has 3 heterocycles. The number of amides is 2. The molecule has 31 heavy (non-hydrogen) atoms. The molecular weight excluding hydrogens is 424 g/mol. The van der Waals surface area contributed by atoms with Crippen LogP contribution in [-0.4, -0.2) is 73.9 Å². The van der Waals surface area contributed by atoms with Crippen LogP contribution in [0, 0.1) is 17.8 Å². The first-order chi connectivity index (χ1) is 14.7. The quantitative estimate of drug-likeness (QED) is 0.122. The molecule has 4 aliphatic rings. The molecule has 0 aromatic rings. The van der Waals surface area contributed by atoms with E-state index < -0.39 is 18.0 Å². The highest BCUT2D eigenvalue weighted by Crippen LogP contribution is 2.51.